The van der Waals surface area contributed by atoms with Crippen molar-refractivity contribution in [3.05, 3.63) is 35.9 Å². The van der Waals surface area contributed by atoms with Crippen LogP contribution in [0.1, 0.15) is 54.0 Å². The van der Waals surface area contributed by atoms with Crippen LogP contribution in [-0.4, -0.2) is 16.0 Å². The van der Waals surface area contributed by atoms with E-state index in [2.05, 4.69) is 78.8 Å². The van der Waals surface area contributed by atoms with Crippen LogP contribution in [0.25, 0.3) is 0 Å². The van der Waals surface area contributed by atoms with Gasteiger partial charge in [0, 0.05) is 0 Å². The molecule has 1 aromatic carbocycles. The Bertz CT molecular complexity index is 339. The van der Waals surface area contributed by atoms with Crippen LogP contribution in [0.3, 0.4) is 0 Å². The lowest BCUT2D eigenvalue weighted by Gasteiger charge is -2.45. The van der Waals surface area contributed by atoms with Gasteiger partial charge in [0.25, 0.3) is 0 Å². The van der Waals surface area contributed by atoms with Crippen LogP contribution in [-0.2, 0) is 6.42 Å². The topological polar surface area (TPSA) is 0 Å². The smallest absolute Gasteiger partial charge is 0.0172 e. The van der Waals surface area contributed by atoms with Crippen molar-refractivity contribution in [1.29, 1.82) is 0 Å². The van der Waals surface area contributed by atoms with Crippen molar-refractivity contribution in [1.82, 2.24) is 0 Å². The summed E-state index contributed by atoms with van der Waals surface area (Å²) in [6.07, 6.45) is 1.21. The van der Waals surface area contributed by atoms with Crippen molar-refractivity contribution in [2.75, 3.05) is 0 Å². The predicted molar refractivity (Wildman–Crippen MR) is 86.0 cm³/mol. The summed E-state index contributed by atoms with van der Waals surface area (Å²) in [4.78, 5) is 0. The van der Waals surface area contributed by atoms with E-state index >= 15 is 0 Å². The van der Waals surface area contributed by atoms with E-state index in [4.69, 9.17) is 0 Å². The number of hydrogen-bond acceptors (Lipinski definition) is 0. The molecule has 0 aliphatic rings. The monoisotopic (exact) mass is 264 g/mol. The molecule has 0 aromatic heterocycles. The Morgan fingerprint density at radius 2 is 1.33 bits per heavy atom. The van der Waals surface area contributed by atoms with Crippen molar-refractivity contribution < 1.29 is 0 Å². The van der Waals surface area contributed by atoms with Gasteiger partial charge in [-0.15, -0.1) is 0 Å². The molecule has 0 heterocycles. The molecule has 1 heteroatoms. The minimum absolute atomic E-state index is 0.0276. The van der Waals surface area contributed by atoms with Gasteiger partial charge in [0.2, 0.25) is 0 Å². The molecule has 0 aliphatic heterocycles. The van der Waals surface area contributed by atoms with E-state index < -0.39 is 0 Å². The largest absolute Gasteiger partial charge is 0.0924 e. The number of benzene rings is 1. The second kappa shape index (κ2) is 5.74. The molecular weight excluding hydrogens is 235 g/mol. The highest BCUT2D eigenvalue weighted by molar-refractivity contribution is 7.61. The van der Waals surface area contributed by atoms with E-state index in [1.165, 1.54) is 12.0 Å². The second-order valence-electron chi connectivity index (χ2n) is 7.25. The molecule has 1 atom stereocenters. The Morgan fingerprint density at radius 1 is 0.889 bits per heavy atom. The van der Waals surface area contributed by atoms with Gasteiger partial charge >= 0.3 is 0 Å². The molecule has 0 bridgehead atoms. The van der Waals surface area contributed by atoms with Gasteiger partial charge < -0.3 is 0 Å². The van der Waals surface area contributed by atoms with Gasteiger partial charge in [0.1, 0.15) is 0 Å². The van der Waals surface area contributed by atoms with Crippen molar-refractivity contribution in [2.24, 2.45) is 0 Å². The van der Waals surface area contributed by atoms with Crippen molar-refractivity contribution >= 4 is 7.92 Å². The first-order valence-electron chi connectivity index (χ1n) is 6.96. The van der Waals surface area contributed by atoms with E-state index in [0.717, 1.165) is 5.66 Å². The van der Waals surface area contributed by atoms with Gasteiger partial charge in [-0.2, -0.15) is 0 Å². The van der Waals surface area contributed by atoms with E-state index in [1.807, 2.05) is 0 Å². The fourth-order valence-corrected chi connectivity index (χ4v) is 8.43. The molecule has 0 aliphatic carbocycles. The summed E-state index contributed by atoms with van der Waals surface area (Å²) < 4.78 is 0. The summed E-state index contributed by atoms with van der Waals surface area (Å²) in [5, 5.41) is 0.837. The third-order valence-corrected chi connectivity index (χ3v) is 7.22. The molecule has 0 spiro atoms. The lowest BCUT2D eigenvalue weighted by Crippen LogP contribution is -2.31. The molecule has 1 rings (SSSR count). The Hall–Kier alpha value is -0.350. The van der Waals surface area contributed by atoms with Gasteiger partial charge in [-0.3, -0.25) is 0 Å². The van der Waals surface area contributed by atoms with E-state index in [9.17, 15) is 0 Å². The zero-order chi connectivity index (χ0) is 14.0. The summed E-state index contributed by atoms with van der Waals surface area (Å²) in [5.41, 5.74) is 2.24. The highest BCUT2D eigenvalue weighted by Gasteiger charge is 2.37. The standard InChI is InChI=1S/C17H29P/c1-14(13-15-11-9-8-10-12-15)18(16(2,3)4)17(5,6)7/h8-12,14H,13H2,1-7H3. The first-order chi connectivity index (χ1) is 8.12. The minimum atomic E-state index is -0.0276. The maximum atomic E-state index is 2.44. The van der Waals surface area contributed by atoms with E-state index in [-0.39, 0.29) is 7.92 Å². The SMILES string of the molecule is CC(Cc1ccccc1)P(C(C)(C)C)C(C)(C)C. The van der Waals surface area contributed by atoms with Crippen LogP contribution in [0.4, 0.5) is 0 Å². The van der Waals surface area contributed by atoms with Gasteiger partial charge in [-0.1, -0.05) is 86.7 Å². The fourth-order valence-electron chi connectivity index (χ4n) is 3.38. The molecule has 0 amide bonds. The third kappa shape index (κ3) is 4.39. The minimum Gasteiger partial charge on any atom is -0.0924 e. The molecule has 18 heavy (non-hydrogen) atoms. The summed E-state index contributed by atoms with van der Waals surface area (Å²) >= 11 is 0. The lowest BCUT2D eigenvalue weighted by atomic mass is 10.1. The zero-order valence-electron chi connectivity index (χ0n) is 13.1. The Morgan fingerprint density at radius 3 is 1.72 bits per heavy atom. The van der Waals surface area contributed by atoms with Crippen LogP contribution in [0.5, 0.6) is 0 Å². The normalized spacial score (nSPS) is 14.9. The van der Waals surface area contributed by atoms with Crippen molar-refractivity contribution in [2.45, 2.75) is 70.9 Å². The maximum absolute atomic E-state index is 2.44. The van der Waals surface area contributed by atoms with Crippen LogP contribution < -0.4 is 0 Å². The highest BCUT2D eigenvalue weighted by atomic mass is 31.1. The second-order valence-corrected chi connectivity index (χ2v) is 11.6. The molecule has 0 saturated heterocycles. The highest BCUT2D eigenvalue weighted by Crippen LogP contribution is 2.62. The van der Waals surface area contributed by atoms with Gasteiger partial charge in [0.15, 0.2) is 0 Å². The molecule has 0 fully saturated rings. The van der Waals surface area contributed by atoms with Crippen LogP contribution >= 0.6 is 7.92 Å². The molecule has 1 unspecified atom stereocenters. The zero-order valence-corrected chi connectivity index (χ0v) is 14.0. The number of hydrogen-bond donors (Lipinski definition) is 0. The van der Waals surface area contributed by atoms with Gasteiger partial charge in [0.05, 0.1) is 0 Å². The summed E-state index contributed by atoms with van der Waals surface area (Å²) in [5.74, 6) is 0. The van der Waals surface area contributed by atoms with Crippen LogP contribution in [0.2, 0.25) is 0 Å². The molecular formula is C17H29P. The first kappa shape index (κ1) is 15.7. The molecule has 0 radical (unpaired) electrons. The Kier molecular flexibility index (Phi) is 5.01. The van der Waals surface area contributed by atoms with Crippen LogP contribution in [0, 0.1) is 0 Å². The predicted octanol–water partition coefficient (Wildman–Crippen LogP) is 5.70. The van der Waals surface area contributed by atoms with Gasteiger partial charge in [-0.25, -0.2) is 0 Å². The summed E-state index contributed by atoms with van der Waals surface area (Å²) in [6.45, 7) is 16.9. The summed E-state index contributed by atoms with van der Waals surface area (Å²) in [7, 11) is -0.0276. The van der Waals surface area contributed by atoms with Gasteiger partial charge in [-0.05, 0) is 28.0 Å². The van der Waals surface area contributed by atoms with Crippen LogP contribution in [0.15, 0.2) is 30.3 Å². The molecule has 102 valence electrons. The third-order valence-electron chi connectivity index (χ3n) is 3.26. The van der Waals surface area contributed by atoms with Crippen molar-refractivity contribution in [3.8, 4) is 0 Å². The number of rotatable bonds is 3. The quantitative estimate of drug-likeness (QED) is 0.615. The van der Waals surface area contributed by atoms with E-state index in [0.29, 0.717) is 10.3 Å². The molecule has 0 nitrogen and oxygen atoms in total. The molecule has 1 aromatic rings. The maximum Gasteiger partial charge on any atom is -0.0172 e. The Labute approximate surface area is 115 Å². The average molecular weight is 264 g/mol. The fraction of sp³-hybridized carbons (Fsp3) is 0.647. The Balaban J connectivity index is 2.88. The summed E-state index contributed by atoms with van der Waals surface area (Å²) in [6, 6.07) is 10.9. The lowest BCUT2D eigenvalue weighted by molar-refractivity contribution is 0.682. The average Bonchev–Trinajstić information content (AvgIpc) is 2.13. The molecule has 0 N–H and O–H groups in total. The van der Waals surface area contributed by atoms with E-state index in [1.54, 1.807) is 0 Å². The van der Waals surface area contributed by atoms with Crippen molar-refractivity contribution in [3.63, 3.8) is 0 Å². The molecule has 0 saturated carbocycles. The first-order valence-corrected chi connectivity index (χ1v) is 8.37.